The highest BCUT2D eigenvalue weighted by Gasteiger charge is 2.20. The van der Waals surface area contributed by atoms with Crippen molar-refractivity contribution in [3.63, 3.8) is 0 Å². The first-order chi connectivity index (χ1) is 8.72. The summed E-state index contributed by atoms with van der Waals surface area (Å²) < 4.78 is 15.5. The van der Waals surface area contributed by atoms with Crippen LogP contribution in [0.5, 0.6) is 0 Å². The summed E-state index contributed by atoms with van der Waals surface area (Å²) in [5.41, 5.74) is 5.58. The number of methoxy groups -OCH3 is 1. The summed E-state index contributed by atoms with van der Waals surface area (Å²) in [5.74, 6) is 0.521. The van der Waals surface area contributed by atoms with E-state index in [0.29, 0.717) is 19.7 Å². The van der Waals surface area contributed by atoms with Crippen LogP contribution in [-0.2, 0) is 16.0 Å². The maximum absolute atomic E-state index is 11.3. The molecule has 0 radical (unpaired) electrons. The Morgan fingerprint density at radius 3 is 3.17 bits per heavy atom. The number of carbonyl (C=O) groups is 1. The van der Waals surface area contributed by atoms with Gasteiger partial charge in [-0.05, 0) is 12.1 Å². The Kier molecular flexibility index (Phi) is 4.35. The lowest BCUT2D eigenvalue weighted by molar-refractivity contribution is -0.0279. The van der Waals surface area contributed by atoms with E-state index in [2.05, 4.69) is 9.64 Å². The van der Waals surface area contributed by atoms with Crippen LogP contribution in [0.2, 0.25) is 0 Å². The summed E-state index contributed by atoms with van der Waals surface area (Å²) in [6.07, 6.45) is 0.0776. The first kappa shape index (κ1) is 13.1. The summed E-state index contributed by atoms with van der Waals surface area (Å²) >= 11 is 0. The lowest BCUT2D eigenvalue weighted by atomic mass is 10.2. The van der Waals surface area contributed by atoms with Crippen LogP contribution >= 0.6 is 0 Å². The molecule has 0 bridgehead atoms. The Morgan fingerprint density at radius 2 is 2.44 bits per heavy atom. The standard InChI is InChI=1S/C12H18N2O4/c1-16-12(15)11-3-2-9(18-11)7-14-4-5-17-10(6-13)8-14/h2-3,10H,4-8,13H2,1H3. The maximum Gasteiger partial charge on any atom is 0.373 e. The van der Waals surface area contributed by atoms with Crippen molar-refractivity contribution in [2.24, 2.45) is 5.73 Å². The zero-order valence-electron chi connectivity index (χ0n) is 10.4. The van der Waals surface area contributed by atoms with Gasteiger partial charge in [-0.25, -0.2) is 4.79 Å². The van der Waals surface area contributed by atoms with Crippen LogP contribution in [0.15, 0.2) is 16.5 Å². The van der Waals surface area contributed by atoms with E-state index in [4.69, 9.17) is 14.9 Å². The van der Waals surface area contributed by atoms with Crippen LogP contribution < -0.4 is 5.73 Å². The Bertz CT molecular complexity index is 405. The Hall–Kier alpha value is -1.37. The maximum atomic E-state index is 11.3. The van der Waals surface area contributed by atoms with Crippen molar-refractivity contribution >= 4 is 5.97 Å². The number of carbonyl (C=O) groups excluding carboxylic acids is 1. The molecule has 0 aliphatic carbocycles. The monoisotopic (exact) mass is 254 g/mol. The Morgan fingerprint density at radius 1 is 1.61 bits per heavy atom. The van der Waals surface area contributed by atoms with E-state index in [-0.39, 0.29) is 11.9 Å². The SMILES string of the molecule is COC(=O)c1ccc(CN2CCOC(CN)C2)o1. The van der Waals surface area contributed by atoms with Crippen LogP contribution in [0.3, 0.4) is 0 Å². The van der Waals surface area contributed by atoms with Crippen LogP contribution in [0, 0.1) is 0 Å². The average Bonchev–Trinajstić information content (AvgIpc) is 2.86. The fourth-order valence-corrected chi connectivity index (χ4v) is 1.96. The number of hydrogen-bond donors (Lipinski definition) is 1. The van der Waals surface area contributed by atoms with Gasteiger partial charge in [0.2, 0.25) is 5.76 Å². The van der Waals surface area contributed by atoms with Crippen LogP contribution in [-0.4, -0.2) is 50.3 Å². The molecule has 0 saturated carbocycles. The van der Waals surface area contributed by atoms with Crippen molar-refractivity contribution in [3.8, 4) is 0 Å². The molecule has 1 aliphatic heterocycles. The van der Waals surface area contributed by atoms with E-state index in [1.807, 2.05) is 0 Å². The zero-order valence-corrected chi connectivity index (χ0v) is 10.4. The molecule has 0 aromatic carbocycles. The van der Waals surface area contributed by atoms with Gasteiger partial charge >= 0.3 is 5.97 Å². The molecule has 1 atom stereocenters. The Labute approximate surface area is 106 Å². The van der Waals surface area contributed by atoms with Crippen LogP contribution in [0.1, 0.15) is 16.3 Å². The van der Waals surface area contributed by atoms with Crippen molar-refractivity contribution in [2.45, 2.75) is 12.6 Å². The van der Waals surface area contributed by atoms with E-state index in [1.54, 1.807) is 12.1 Å². The molecule has 2 heterocycles. The normalized spacial score (nSPS) is 20.9. The summed E-state index contributed by atoms with van der Waals surface area (Å²) in [4.78, 5) is 13.4. The van der Waals surface area contributed by atoms with E-state index < -0.39 is 5.97 Å². The van der Waals surface area contributed by atoms with Gasteiger partial charge in [0, 0.05) is 19.6 Å². The molecule has 0 spiro atoms. The quantitative estimate of drug-likeness (QED) is 0.775. The summed E-state index contributed by atoms with van der Waals surface area (Å²) in [7, 11) is 1.33. The molecule has 0 amide bonds. The molecule has 18 heavy (non-hydrogen) atoms. The summed E-state index contributed by atoms with van der Waals surface area (Å²) in [5, 5.41) is 0. The minimum Gasteiger partial charge on any atom is -0.463 e. The van der Waals surface area contributed by atoms with E-state index >= 15 is 0 Å². The topological polar surface area (TPSA) is 77.9 Å². The molecule has 6 nitrogen and oxygen atoms in total. The number of rotatable bonds is 4. The summed E-state index contributed by atoms with van der Waals surface area (Å²) in [6.45, 7) is 3.46. The van der Waals surface area contributed by atoms with Gasteiger partial charge in [0.25, 0.3) is 0 Å². The molecule has 1 aromatic heterocycles. The molecule has 100 valence electrons. The minimum absolute atomic E-state index is 0.0776. The van der Waals surface area contributed by atoms with Crippen molar-refractivity contribution in [1.29, 1.82) is 0 Å². The van der Waals surface area contributed by atoms with E-state index in [9.17, 15) is 4.79 Å². The number of furan rings is 1. The smallest absolute Gasteiger partial charge is 0.373 e. The van der Waals surface area contributed by atoms with Crippen LogP contribution in [0.4, 0.5) is 0 Å². The first-order valence-electron chi connectivity index (χ1n) is 5.94. The zero-order chi connectivity index (χ0) is 13.0. The third kappa shape index (κ3) is 3.10. The fraction of sp³-hybridized carbons (Fsp3) is 0.583. The van der Waals surface area contributed by atoms with Crippen molar-refractivity contribution in [3.05, 3.63) is 23.7 Å². The first-order valence-corrected chi connectivity index (χ1v) is 5.94. The molecule has 1 fully saturated rings. The van der Waals surface area contributed by atoms with Gasteiger partial charge < -0.3 is 19.6 Å². The average molecular weight is 254 g/mol. The number of nitrogens with two attached hydrogens (primary N) is 1. The van der Waals surface area contributed by atoms with Gasteiger partial charge in [-0.3, -0.25) is 4.90 Å². The number of ether oxygens (including phenoxy) is 2. The highest BCUT2D eigenvalue weighted by molar-refractivity contribution is 5.86. The van der Waals surface area contributed by atoms with Crippen molar-refractivity contribution in [1.82, 2.24) is 4.90 Å². The molecule has 1 saturated heterocycles. The lowest BCUT2D eigenvalue weighted by Gasteiger charge is -2.31. The van der Waals surface area contributed by atoms with Crippen LogP contribution in [0.25, 0.3) is 0 Å². The third-order valence-electron chi connectivity index (χ3n) is 2.91. The fourth-order valence-electron chi connectivity index (χ4n) is 1.96. The van der Waals surface area contributed by atoms with Gasteiger partial charge in [-0.15, -0.1) is 0 Å². The van der Waals surface area contributed by atoms with Gasteiger partial charge in [0.05, 0.1) is 26.4 Å². The minimum atomic E-state index is -0.455. The number of hydrogen-bond acceptors (Lipinski definition) is 6. The molecule has 2 rings (SSSR count). The van der Waals surface area contributed by atoms with Gasteiger partial charge in [0.1, 0.15) is 5.76 Å². The van der Waals surface area contributed by atoms with Crippen molar-refractivity contribution in [2.75, 3.05) is 33.4 Å². The summed E-state index contributed by atoms with van der Waals surface area (Å²) in [6, 6.07) is 3.42. The molecular weight excluding hydrogens is 236 g/mol. The molecule has 1 unspecified atom stereocenters. The second-order valence-corrected chi connectivity index (χ2v) is 4.22. The van der Waals surface area contributed by atoms with E-state index in [1.165, 1.54) is 7.11 Å². The molecule has 2 N–H and O–H groups in total. The van der Waals surface area contributed by atoms with Crippen molar-refractivity contribution < 1.29 is 18.7 Å². The molecule has 1 aliphatic rings. The second-order valence-electron chi connectivity index (χ2n) is 4.22. The van der Waals surface area contributed by atoms with Gasteiger partial charge in [-0.1, -0.05) is 0 Å². The molecule has 6 heteroatoms. The highest BCUT2D eigenvalue weighted by Crippen LogP contribution is 2.14. The molecular formula is C12H18N2O4. The third-order valence-corrected chi connectivity index (χ3v) is 2.91. The second kappa shape index (κ2) is 5.99. The largest absolute Gasteiger partial charge is 0.463 e. The predicted molar refractivity (Wildman–Crippen MR) is 64.1 cm³/mol. The van der Waals surface area contributed by atoms with E-state index in [0.717, 1.165) is 18.8 Å². The lowest BCUT2D eigenvalue weighted by Crippen LogP contribution is -2.45. The van der Waals surface area contributed by atoms with Gasteiger partial charge in [0.15, 0.2) is 0 Å². The van der Waals surface area contributed by atoms with Gasteiger partial charge in [-0.2, -0.15) is 0 Å². The predicted octanol–water partition coefficient (Wildman–Crippen LogP) is 0.226. The highest BCUT2D eigenvalue weighted by atomic mass is 16.5. The number of morpholine rings is 1. The Balaban J connectivity index is 1.92. The number of nitrogens with zero attached hydrogens (tertiary/aromatic N) is 1. The number of esters is 1. The molecule has 1 aromatic rings.